The summed E-state index contributed by atoms with van der Waals surface area (Å²) >= 11 is 0. The molecule has 0 heterocycles. The molecule has 0 aromatic heterocycles. The summed E-state index contributed by atoms with van der Waals surface area (Å²) in [4.78, 5) is 5.24. The number of hydrogen-bond acceptors (Lipinski definition) is 2. The highest BCUT2D eigenvalue weighted by Gasteiger charge is 2.19. The number of benzene rings is 5. The van der Waals surface area contributed by atoms with Crippen LogP contribution in [0.2, 0.25) is 0 Å². The molecule has 0 aliphatic carbocycles. The van der Waals surface area contributed by atoms with Gasteiger partial charge >= 0.3 is 0 Å². The SMILES string of the molecule is CC(C)c1ccccc1N=C(c1ccccc1O)c1c2ccccc2cc2ccccc12. The van der Waals surface area contributed by atoms with Gasteiger partial charge in [-0.25, -0.2) is 4.99 Å². The Morgan fingerprint density at radius 1 is 0.688 bits per heavy atom. The summed E-state index contributed by atoms with van der Waals surface area (Å²) in [6.45, 7) is 4.36. The molecule has 5 aromatic rings. The van der Waals surface area contributed by atoms with E-state index in [0.717, 1.165) is 44.1 Å². The van der Waals surface area contributed by atoms with Gasteiger partial charge in [0.1, 0.15) is 5.75 Å². The lowest BCUT2D eigenvalue weighted by atomic mass is 9.90. The number of fused-ring (bicyclic) bond motifs is 2. The molecule has 5 rings (SSSR count). The van der Waals surface area contributed by atoms with Gasteiger partial charge in [0.15, 0.2) is 0 Å². The molecule has 0 aliphatic rings. The van der Waals surface area contributed by atoms with Crippen LogP contribution in [0, 0.1) is 0 Å². The summed E-state index contributed by atoms with van der Waals surface area (Å²) in [7, 11) is 0. The van der Waals surface area contributed by atoms with Crippen molar-refractivity contribution >= 4 is 32.9 Å². The third kappa shape index (κ3) is 3.54. The molecule has 0 aliphatic heterocycles. The first-order valence-electron chi connectivity index (χ1n) is 11.0. The van der Waals surface area contributed by atoms with Crippen molar-refractivity contribution in [1.82, 2.24) is 0 Å². The minimum atomic E-state index is 0.227. The standard InChI is InChI=1S/C30H25NO/c1-20(2)23-13-7-9-17-27(23)31-30(26-16-8-10-18-28(26)32)29-24-14-5-3-11-21(24)19-22-12-4-6-15-25(22)29/h3-20,32H,1-2H3. The third-order valence-corrected chi connectivity index (χ3v) is 5.96. The van der Waals surface area contributed by atoms with Gasteiger partial charge in [0.05, 0.1) is 11.4 Å². The van der Waals surface area contributed by atoms with Gasteiger partial charge < -0.3 is 5.11 Å². The first kappa shape index (κ1) is 20.0. The molecule has 0 bridgehead atoms. The zero-order valence-electron chi connectivity index (χ0n) is 18.3. The maximum Gasteiger partial charge on any atom is 0.124 e. The molecular weight excluding hydrogens is 390 g/mol. The van der Waals surface area contributed by atoms with Gasteiger partial charge in [-0.2, -0.15) is 0 Å². The molecule has 0 atom stereocenters. The quantitative estimate of drug-likeness (QED) is 0.234. The fourth-order valence-electron chi connectivity index (χ4n) is 4.39. The molecule has 0 saturated carbocycles. The van der Waals surface area contributed by atoms with E-state index in [1.165, 1.54) is 5.56 Å². The molecule has 0 amide bonds. The Balaban J connectivity index is 1.93. The lowest BCUT2D eigenvalue weighted by molar-refractivity contribution is 0.474. The number of aliphatic imine (C=N–C) groups is 1. The molecular formula is C30H25NO. The highest BCUT2D eigenvalue weighted by atomic mass is 16.3. The third-order valence-electron chi connectivity index (χ3n) is 5.96. The molecule has 0 radical (unpaired) electrons. The summed E-state index contributed by atoms with van der Waals surface area (Å²) in [6, 6.07) is 34.8. The number of hydrogen-bond donors (Lipinski definition) is 1. The second-order valence-electron chi connectivity index (χ2n) is 8.38. The maximum absolute atomic E-state index is 10.9. The second-order valence-corrected chi connectivity index (χ2v) is 8.38. The molecule has 2 heteroatoms. The fraction of sp³-hybridized carbons (Fsp3) is 0.100. The number of aromatic hydroxyl groups is 1. The Morgan fingerprint density at radius 2 is 1.25 bits per heavy atom. The average molecular weight is 416 g/mol. The van der Waals surface area contributed by atoms with Gasteiger partial charge in [0.2, 0.25) is 0 Å². The smallest absolute Gasteiger partial charge is 0.124 e. The lowest BCUT2D eigenvalue weighted by Crippen LogP contribution is -2.06. The van der Waals surface area contributed by atoms with Gasteiger partial charge in [-0.05, 0) is 57.3 Å². The van der Waals surface area contributed by atoms with Crippen molar-refractivity contribution in [2.45, 2.75) is 19.8 Å². The van der Waals surface area contributed by atoms with E-state index in [-0.39, 0.29) is 5.75 Å². The number of nitrogens with zero attached hydrogens (tertiary/aromatic N) is 1. The summed E-state index contributed by atoms with van der Waals surface area (Å²) in [5.74, 6) is 0.565. The van der Waals surface area contributed by atoms with Crippen molar-refractivity contribution in [2.24, 2.45) is 4.99 Å². The van der Waals surface area contributed by atoms with Crippen LogP contribution < -0.4 is 0 Å². The van der Waals surface area contributed by atoms with Crippen molar-refractivity contribution < 1.29 is 5.11 Å². The first-order valence-corrected chi connectivity index (χ1v) is 11.0. The average Bonchev–Trinajstić information content (AvgIpc) is 2.82. The molecule has 0 spiro atoms. The summed E-state index contributed by atoms with van der Waals surface area (Å²) in [5.41, 5.74) is 4.67. The Morgan fingerprint density at radius 3 is 1.91 bits per heavy atom. The van der Waals surface area contributed by atoms with Crippen LogP contribution in [0.3, 0.4) is 0 Å². The van der Waals surface area contributed by atoms with Crippen LogP contribution >= 0.6 is 0 Å². The normalized spacial score (nSPS) is 12.0. The molecule has 0 unspecified atom stereocenters. The van der Waals surface area contributed by atoms with Crippen LogP contribution in [0.15, 0.2) is 108 Å². The maximum atomic E-state index is 10.9. The van der Waals surface area contributed by atoms with Gasteiger partial charge in [0.25, 0.3) is 0 Å². The fourth-order valence-corrected chi connectivity index (χ4v) is 4.39. The highest BCUT2D eigenvalue weighted by molar-refractivity contribution is 6.28. The van der Waals surface area contributed by atoms with Crippen molar-refractivity contribution in [1.29, 1.82) is 0 Å². The summed E-state index contributed by atoms with van der Waals surface area (Å²) < 4.78 is 0. The molecule has 0 fully saturated rings. The van der Waals surface area contributed by atoms with Crippen molar-refractivity contribution in [3.05, 3.63) is 120 Å². The highest BCUT2D eigenvalue weighted by Crippen LogP contribution is 2.35. The topological polar surface area (TPSA) is 32.6 Å². The van der Waals surface area contributed by atoms with E-state index in [0.29, 0.717) is 5.92 Å². The van der Waals surface area contributed by atoms with Crippen molar-refractivity contribution in [3.8, 4) is 5.75 Å². The molecule has 156 valence electrons. The van der Waals surface area contributed by atoms with Crippen molar-refractivity contribution in [2.75, 3.05) is 0 Å². The van der Waals surface area contributed by atoms with Crippen molar-refractivity contribution in [3.63, 3.8) is 0 Å². The van der Waals surface area contributed by atoms with Gasteiger partial charge in [-0.1, -0.05) is 92.7 Å². The minimum Gasteiger partial charge on any atom is -0.507 e. The largest absolute Gasteiger partial charge is 0.507 e. The molecule has 1 N–H and O–H groups in total. The Bertz CT molecular complexity index is 1410. The van der Waals surface area contributed by atoms with Crippen LogP contribution in [-0.4, -0.2) is 10.8 Å². The van der Waals surface area contributed by atoms with E-state index in [9.17, 15) is 5.11 Å². The molecule has 2 nitrogen and oxygen atoms in total. The Labute approximate surface area is 188 Å². The minimum absolute atomic E-state index is 0.227. The van der Waals surface area contributed by atoms with Gasteiger partial charge in [-0.15, -0.1) is 0 Å². The molecule has 0 saturated heterocycles. The van der Waals surface area contributed by atoms with E-state index in [4.69, 9.17) is 4.99 Å². The Hall–Kier alpha value is -3.91. The van der Waals surface area contributed by atoms with E-state index in [1.54, 1.807) is 6.07 Å². The molecule has 5 aromatic carbocycles. The second kappa shape index (κ2) is 8.32. The monoisotopic (exact) mass is 415 g/mol. The Kier molecular flexibility index (Phi) is 5.20. The lowest BCUT2D eigenvalue weighted by Gasteiger charge is -2.17. The zero-order valence-corrected chi connectivity index (χ0v) is 18.3. The van der Waals surface area contributed by atoms with Crippen LogP contribution in [0.25, 0.3) is 21.5 Å². The van der Waals surface area contributed by atoms with E-state index >= 15 is 0 Å². The van der Waals surface area contributed by atoms with Gasteiger partial charge in [-0.3, -0.25) is 0 Å². The predicted octanol–water partition coefficient (Wildman–Crippen LogP) is 7.99. The number of para-hydroxylation sites is 2. The van der Waals surface area contributed by atoms with Crippen LogP contribution in [-0.2, 0) is 0 Å². The summed E-state index contributed by atoms with van der Waals surface area (Å²) in [5, 5.41) is 15.4. The van der Waals surface area contributed by atoms with Crippen LogP contribution in [0.5, 0.6) is 5.75 Å². The van der Waals surface area contributed by atoms with E-state index < -0.39 is 0 Å². The number of phenolic OH excluding ortho intramolecular Hbond substituents is 1. The van der Waals surface area contributed by atoms with E-state index in [2.05, 4.69) is 86.6 Å². The van der Waals surface area contributed by atoms with Gasteiger partial charge in [0, 0.05) is 11.1 Å². The molecule has 32 heavy (non-hydrogen) atoms. The van der Waals surface area contributed by atoms with Crippen LogP contribution in [0.1, 0.15) is 36.5 Å². The number of rotatable bonds is 4. The van der Waals surface area contributed by atoms with E-state index in [1.807, 2.05) is 24.3 Å². The van der Waals surface area contributed by atoms with Crippen LogP contribution in [0.4, 0.5) is 5.69 Å². The number of phenols is 1. The summed E-state index contributed by atoms with van der Waals surface area (Å²) in [6.07, 6.45) is 0. The first-order chi connectivity index (χ1) is 15.6. The zero-order chi connectivity index (χ0) is 22.1. The predicted molar refractivity (Wildman–Crippen MR) is 135 cm³/mol.